The predicted molar refractivity (Wildman–Crippen MR) is 67.6 cm³/mol. The number of hydrogen-bond donors (Lipinski definition) is 1. The molecule has 0 atom stereocenters. The lowest BCUT2D eigenvalue weighted by Gasteiger charge is -2.33. The van der Waals surface area contributed by atoms with Crippen LogP contribution < -0.4 is 5.32 Å². The van der Waals surface area contributed by atoms with Gasteiger partial charge in [-0.1, -0.05) is 12.1 Å². The van der Waals surface area contributed by atoms with E-state index in [2.05, 4.69) is 22.4 Å². The van der Waals surface area contributed by atoms with Gasteiger partial charge in [0.15, 0.2) is 5.82 Å². The number of nitrogens with one attached hydrogen (secondary N) is 1. The molecule has 0 radical (unpaired) electrons. The Kier molecular flexibility index (Phi) is 3.73. The van der Waals surface area contributed by atoms with Crippen molar-refractivity contribution in [1.82, 2.24) is 15.5 Å². The Balaban J connectivity index is 0.00000108. The maximum Gasteiger partial charge on any atom is 0.229 e. The monoisotopic (exact) mass is 257 g/mol. The quantitative estimate of drug-likeness (QED) is 0.904. The van der Waals surface area contributed by atoms with Crippen LogP contribution in [0, 0.1) is 0 Å². The van der Waals surface area contributed by atoms with E-state index in [1.54, 1.807) is 0 Å². The third-order valence-electron chi connectivity index (χ3n) is 4.08. The van der Waals surface area contributed by atoms with E-state index in [0.29, 0.717) is 5.92 Å². The minimum Gasteiger partial charge on any atom is -0.339 e. The number of piperidine rings is 1. The molecule has 1 aromatic rings. The molecular weight excluding hydrogens is 238 g/mol. The number of aromatic nitrogens is 2. The molecule has 5 heteroatoms. The Morgan fingerprint density at radius 3 is 2.65 bits per heavy atom. The zero-order valence-corrected chi connectivity index (χ0v) is 11.1. The van der Waals surface area contributed by atoms with Gasteiger partial charge in [0.2, 0.25) is 5.89 Å². The summed E-state index contributed by atoms with van der Waals surface area (Å²) in [5, 5.41) is 7.63. The lowest BCUT2D eigenvalue weighted by molar-refractivity contribution is 0.269. The minimum atomic E-state index is 0. The molecule has 1 aliphatic carbocycles. The van der Waals surface area contributed by atoms with Crippen molar-refractivity contribution in [1.29, 1.82) is 0 Å². The maximum absolute atomic E-state index is 5.39. The molecule has 1 aromatic heterocycles. The van der Waals surface area contributed by atoms with Crippen LogP contribution in [-0.2, 0) is 5.41 Å². The zero-order chi connectivity index (χ0) is 11.0. The standard InChI is InChI=1S/C12H19N3O.ClH/c1-2-12(5-7-13-8-6-12)11-14-10(16-15-11)9-3-4-9;/h9,13H,2-8H2,1H3;1H. The highest BCUT2D eigenvalue weighted by Gasteiger charge is 2.38. The fourth-order valence-electron chi connectivity index (χ4n) is 2.59. The molecule has 1 saturated carbocycles. The smallest absolute Gasteiger partial charge is 0.229 e. The Morgan fingerprint density at radius 1 is 1.35 bits per heavy atom. The molecule has 96 valence electrons. The molecule has 1 saturated heterocycles. The third-order valence-corrected chi connectivity index (χ3v) is 4.08. The largest absolute Gasteiger partial charge is 0.339 e. The molecule has 0 unspecified atom stereocenters. The van der Waals surface area contributed by atoms with E-state index < -0.39 is 0 Å². The molecular formula is C12H20ClN3O. The highest BCUT2D eigenvalue weighted by molar-refractivity contribution is 5.85. The fourth-order valence-corrected chi connectivity index (χ4v) is 2.59. The first-order valence-electron chi connectivity index (χ1n) is 6.39. The molecule has 1 N–H and O–H groups in total. The Morgan fingerprint density at radius 2 is 2.06 bits per heavy atom. The van der Waals surface area contributed by atoms with Gasteiger partial charge in [-0.3, -0.25) is 0 Å². The Labute approximate surface area is 108 Å². The SMILES string of the molecule is CCC1(c2noc(C3CC3)n2)CCNCC1.Cl. The van der Waals surface area contributed by atoms with Gasteiger partial charge in [-0.25, -0.2) is 0 Å². The second kappa shape index (κ2) is 4.94. The molecule has 3 rings (SSSR count). The second-order valence-corrected chi connectivity index (χ2v) is 5.11. The van der Waals surface area contributed by atoms with Crippen LogP contribution in [0.4, 0.5) is 0 Å². The molecule has 1 aliphatic heterocycles. The summed E-state index contributed by atoms with van der Waals surface area (Å²) in [6.45, 7) is 4.38. The Hall–Kier alpha value is -0.610. The van der Waals surface area contributed by atoms with Crippen molar-refractivity contribution in [2.24, 2.45) is 0 Å². The molecule has 0 aromatic carbocycles. The normalized spacial score (nSPS) is 23.1. The third kappa shape index (κ3) is 2.33. The topological polar surface area (TPSA) is 51.0 Å². The van der Waals surface area contributed by atoms with Gasteiger partial charge in [-0.2, -0.15) is 4.98 Å². The van der Waals surface area contributed by atoms with Gasteiger partial charge in [-0.05, 0) is 45.2 Å². The van der Waals surface area contributed by atoms with Crippen LogP contribution in [0.2, 0.25) is 0 Å². The number of halogens is 1. The minimum absolute atomic E-state index is 0. The number of rotatable bonds is 3. The summed E-state index contributed by atoms with van der Waals surface area (Å²) < 4.78 is 5.39. The van der Waals surface area contributed by atoms with Crippen LogP contribution in [0.25, 0.3) is 0 Å². The lowest BCUT2D eigenvalue weighted by atomic mass is 9.76. The van der Waals surface area contributed by atoms with E-state index in [1.807, 2.05) is 0 Å². The molecule has 0 amide bonds. The molecule has 17 heavy (non-hydrogen) atoms. The summed E-state index contributed by atoms with van der Waals surface area (Å²) in [4.78, 5) is 4.63. The van der Waals surface area contributed by atoms with E-state index >= 15 is 0 Å². The van der Waals surface area contributed by atoms with Crippen LogP contribution in [0.1, 0.15) is 56.7 Å². The van der Waals surface area contributed by atoms with E-state index in [4.69, 9.17) is 4.52 Å². The van der Waals surface area contributed by atoms with Gasteiger partial charge in [0, 0.05) is 11.3 Å². The average molecular weight is 258 g/mol. The van der Waals surface area contributed by atoms with Gasteiger partial charge in [0.1, 0.15) is 0 Å². The van der Waals surface area contributed by atoms with E-state index in [1.165, 1.54) is 12.8 Å². The first-order chi connectivity index (χ1) is 7.84. The van der Waals surface area contributed by atoms with E-state index in [9.17, 15) is 0 Å². The van der Waals surface area contributed by atoms with Crippen molar-refractivity contribution < 1.29 is 4.52 Å². The van der Waals surface area contributed by atoms with Gasteiger partial charge >= 0.3 is 0 Å². The van der Waals surface area contributed by atoms with E-state index in [-0.39, 0.29) is 17.8 Å². The first kappa shape index (κ1) is 12.8. The van der Waals surface area contributed by atoms with Gasteiger partial charge in [0.05, 0.1) is 0 Å². The summed E-state index contributed by atoms with van der Waals surface area (Å²) >= 11 is 0. The summed E-state index contributed by atoms with van der Waals surface area (Å²) in [5.41, 5.74) is 0.169. The Bertz CT molecular complexity index is 370. The second-order valence-electron chi connectivity index (χ2n) is 5.11. The van der Waals surface area contributed by atoms with Crippen molar-refractivity contribution >= 4 is 12.4 Å². The molecule has 2 heterocycles. The molecule has 2 aliphatic rings. The lowest BCUT2D eigenvalue weighted by Crippen LogP contribution is -2.40. The predicted octanol–water partition coefficient (Wildman–Crippen LogP) is 2.40. The van der Waals surface area contributed by atoms with Crippen molar-refractivity contribution in [2.75, 3.05) is 13.1 Å². The van der Waals surface area contributed by atoms with Gasteiger partial charge in [0.25, 0.3) is 0 Å². The number of nitrogens with zero attached hydrogens (tertiary/aromatic N) is 2. The van der Waals surface area contributed by atoms with Gasteiger partial charge < -0.3 is 9.84 Å². The zero-order valence-electron chi connectivity index (χ0n) is 10.2. The summed E-state index contributed by atoms with van der Waals surface area (Å²) in [7, 11) is 0. The van der Waals surface area contributed by atoms with Crippen LogP contribution in [0.15, 0.2) is 4.52 Å². The summed E-state index contributed by atoms with van der Waals surface area (Å²) in [6, 6.07) is 0. The van der Waals surface area contributed by atoms with Crippen LogP contribution >= 0.6 is 12.4 Å². The first-order valence-corrected chi connectivity index (χ1v) is 6.39. The van der Waals surface area contributed by atoms with Crippen molar-refractivity contribution in [3.05, 3.63) is 11.7 Å². The van der Waals surface area contributed by atoms with Crippen molar-refractivity contribution in [3.8, 4) is 0 Å². The molecule has 0 bridgehead atoms. The van der Waals surface area contributed by atoms with Crippen molar-refractivity contribution in [3.63, 3.8) is 0 Å². The van der Waals surface area contributed by atoms with Crippen LogP contribution in [0.5, 0.6) is 0 Å². The number of hydrogen-bond acceptors (Lipinski definition) is 4. The summed E-state index contributed by atoms with van der Waals surface area (Å²) in [6.07, 6.45) is 5.82. The molecule has 0 spiro atoms. The molecule has 2 fully saturated rings. The highest BCUT2D eigenvalue weighted by Crippen LogP contribution is 2.41. The van der Waals surface area contributed by atoms with Gasteiger partial charge in [-0.15, -0.1) is 12.4 Å². The van der Waals surface area contributed by atoms with Crippen LogP contribution in [-0.4, -0.2) is 23.2 Å². The van der Waals surface area contributed by atoms with Crippen LogP contribution in [0.3, 0.4) is 0 Å². The van der Waals surface area contributed by atoms with E-state index in [0.717, 1.165) is 44.1 Å². The average Bonchev–Trinajstić information content (AvgIpc) is 3.08. The van der Waals surface area contributed by atoms with Crippen molar-refractivity contribution in [2.45, 2.75) is 50.4 Å². The highest BCUT2D eigenvalue weighted by atomic mass is 35.5. The summed E-state index contributed by atoms with van der Waals surface area (Å²) in [5.74, 6) is 2.40. The fraction of sp³-hybridized carbons (Fsp3) is 0.833. The maximum atomic E-state index is 5.39. The molecule has 4 nitrogen and oxygen atoms in total.